The topological polar surface area (TPSA) is 43.4 Å². The fourth-order valence-electron chi connectivity index (χ4n) is 3.00. The van der Waals surface area contributed by atoms with Crippen LogP contribution in [0.3, 0.4) is 0 Å². The Labute approximate surface area is 133 Å². The lowest BCUT2D eigenvalue weighted by Crippen LogP contribution is -2.19. The van der Waals surface area contributed by atoms with E-state index in [0.717, 1.165) is 5.56 Å². The molecule has 0 spiro atoms. The average molecular weight is 302 g/mol. The molecule has 23 heavy (non-hydrogen) atoms. The number of benzene rings is 2. The lowest BCUT2D eigenvalue weighted by Gasteiger charge is -2.14. The number of ketones is 2. The van der Waals surface area contributed by atoms with Gasteiger partial charge in [0.05, 0.1) is 5.57 Å². The van der Waals surface area contributed by atoms with Crippen molar-refractivity contribution in [1.82, 2.24) is 0 Å². The molecule has 2 aliphatic rings. The maximum atomic E-state index is 12.5. The van der Waals surface area contributed by atoms with Gasteiger partial charge in [-0.15, -0.1) is 0 Å². The van der Waals surface area contributed by atoms with E-state index < -0.39 is 0 Å². The number of hydrogen-bond acceptors (Lipinski definition) is 3. The van der Waals surface area contributed by atoms with Crippen LogP contribution in [0.5, 0.6) is 0 Å². The molecule has 0 amide bonds. The van der Waals surface area contributed by atoms with Gasteiger partial charge in [0.1, 0.15) is 6.10 Å². The zero-order valence-electron chi connectivity index (χ0n) is 12.4. The van der Waals surface area contributed by atoms with E-state index in [1.54, 1.807) is 24.3 Å². The van der Waals surface area contributed by atoms with Crippen LogP contribution < -0.4 is 0 Å². The molecule has 0 saturated heterocycles. The molecule has 2 aromatic carbocycles. The second-order valence-electron chi connectivity index (χ2n) is 5.64. The molecule has 3 heteroatoms. The van der Waals surface area contributed by atoms with Crippen LogP contribution in [0.1, 0.15) is 32.7 Å². The highest BCUT2D eigenvalue weighted by Gasteiger charge is 2.39. The summed E-state index contributed by atoms with van der Waals surface area (Å²) in [6.45, 7) is 0. The summed E-state index contributed by atoms with van der Waals surface area (Å²) < 4.78 is 5.75. The summed E-state index contributed by atoms with van der Waals surface area (Å²) in [4.78, 5) is 25.1. The lowest BCUT2D eigenvalue weighted by atomic mass is 9.87. The second kappa shape index (κ2) is 5.36. The van der Waals surface area contributed by atoms with Gasteiger partial charge in [-0.3, -0.25) is 9.59 Å². The van der Waals surface area contributed by atoms with Gasteiger partial charge in [0, 0.05) is 17.5 Å². The molecular weight excluding hydrogens is 288 g/mol. The Morgan fingerprint density at radius 3 is 2.26 bits per heavy atom. The molecule has 0 saturated carbocycles. The van der Waals surface area contributed by atoms with Crippen molar-refractivity contribution in [3.63, 3.8) is 0 Å². The first-order valence-electron chi connectivity index (χ1n) is 7.55. The molecular formula is C20H14O3. The number of carbonyl (C=O) groups is 2. The number of hydrogen-bond donors (Lipinski definition) is 0. The maximum absolute atomic E-state index is 12.5. The van der Waals surface area contributed by atoms with Crippen molar-refractivity contribution < 1.29 is 14.3 Å². The lowest BCUT2D eigenvalue weighted by molar-refractivity contribution is 0.0884. The van der Waals surface area contributed by atoms with Crippen LogP contribution in [0.15, 0.2) is 72.0 Å². The number of ether oxygens (including phenoxy) is 1. The molecule has 0 N–H and O–H groups in total. The van der Waals surface area contributed by atoms with Gasteiger partial charge in [0.25, 0.3) is 0 Å². The van der Waals surface area contributed by atoms with Gasteiger partial charge in [-0.05, 0) is 11.6 Å². The number of rotatable bonds is 2. The Hall–Kier alpha value is -2.94. The van der Waals surface area contributed by atoms with E-state index in [1.165, 1.54) is 0 Å². The molecule has 1 atom stereocenters. The summed E-state index contributed by atoms with van der Waals surface area (Å²) in [6, 6.07) is 16.8. The third-order valence-corrected chi connectivity index (χ3v) is 4.15. The quantitative estimate of drug-likeness (QED) is 0.847. The number of allylic oxidation sites excluding steroid dienone is 1. The van der Waals surface area contributed by atoms with Crippen molar-refractivity contribution in [3.05, 3.63) is 88.7 Å². The normalized spacial score (nSPS) is 19.7. The average Bonchev–Trinajstić information content (AvgIpc) is 3.04. The minimum atomic E-state index is -0.276. The Bertz CT molecular complexity index is 812. The molecule has 1 heterocycles. The van der Waals surface area contributed by atoms with Crippen LogP contribution in [-0.4, -0.2) is 17.7 Å². The standard InChI is InChI=1S/C20H14O3/c21-18-15-8-4-5-9-16(15)19(22)20-17(18)12-14(23-20)11-10-13-6-2-1-3-7-13/h1-11,14H,12H2/b11-10+. The van der Waals surface area contributed by atoms with Gasteiger partial charge < -0.3 is 4.74 Å². The largest absolute Gasteiger partial charge is 0.481 e. The monoisotopic (exact) mass is 302 g/mol. The van der Waals surface area contributed by atoms with Crippen molar-refractivity contribution in [1.29, 1.82) is 0 Å². The molecule has 0 aromatic heterocycles. The third-order valence-electron chi connectivity index (χ3n) is 4.15. The summed E-state index contributed by atoms with van der Waals surface area (Å²) in [6.07, 6.45) is 4.02. The minimum Gasteiger partial charge on any atom is -0.481 e. The van der Waals surface area contributed by atoms with E-state index in [4.69, 9.17) is 4.74 Å². The molecule has 4 rings (SSSR count). The summed E-state index contributed by atoms with van der Waals surface area (Å²) in [5.74, 6) is -0.0620. The zero-order valence-corrected chi connectivity index (χ0v) is 12.4. The minimum absolute atomic E-state index is 0.0918. The van der Waals surface area contributed by atoms with Gasteiger partial charge in [-0.2, -0.15) is 0 Å². The summed E-state index contributed by atoms with van der Waals surface area (Å²) in [5.41, 5.74) is 2.47. The molecule has 1 aliphatic heterocycles. The number of carbonyl (C=O) groups excluding carboxylic acids is 2. The van der Waals surface area contributed by atoms with Gasteiger partial charge in [0.2, 0.25) is 5.78 Å². The molecule has 1 unspecified atom stereocenters. The Kier molecular flexibility index (Phi) is 3.19. The van der Waals surface area contributed by atoms with Crippen LogP contribution in [0.2, 0.25) is 0 Å². The molecule has 1 aliphatic carbocycles. The van der Waals surface area contributed by atoms with Crippen molar-refractivity contribution in [2.24, 2.45) is 0 Å². The first-order valence-corrected chi connectivity index (χ1v) is 7.55. The highest BCUT2D eigenvalue weighted by atomic mass is 16.5. The summed E-state index contributed by atoms with van der Waals surface area (Å²) in [7, 11) is 0. The molecule has 2 aromatic rings. The Morgan fingerprint density at radius 1 is 0.870 bits per heavy atom. The molecule has 0 bridgehead atoms. The SMILES string of the molecule is O=C1C2=C(OC(/C=C/c3ccccc3)C2)C(=O)c2ccccc21. The summed E-state index contributed by atoms with van der Waals surface area (Å²) in [5, 5.41) is 0. The van der Waals surface area contributed by atoms with E-state index in [-0.39, 0.29) is 23.4 Å². The van der Waals surface area contributed by atoms with E-state index in [1.807, 2.05) is 42.5 Å². The highest BCUT2D eigenvalue weighted by Crippen LogP contribution is 2.36. The first-order chi connectivity index (χ1) is 11.2. The van der Waals surface area contributed by atoms with Gasteiger partial charge in [-0.1, -0.05) is 60.7 Å². The first kappa shape index (κ1) is 13.7. The van der Waals surface area contributed by atoms with Crippen LogP contribution in [0.4, 0.5) is 0 Å². The van der Waals surface area contributed by atoms with Crippen LogP contribution >= 0.6 is 0 Å². The number of Topliss-reactive ketones (excluding diaryl/α,β-unsaturated/α-hetero) is 2. The smallest absolute Gasteiger partial charge is 0.228 e. The van der Waals surface area contributed by atoms with Crippen molar-refractivity contribution >= 4 is 17.6 Å². The van der Waals surface area contributed by atoms with Gasteiger partial charge in [-0.25, -0.2) is 0 Å². The van der Waals surface area contributed by atoms with Gasteiger partial charge >= 0.3 is 0 Å². The molecule has 3 nitrogen and oxygen atoms in total. The fraction of sp³-hybridized carbons (Fsp3) is 0.100. The summed E-state index contributed by atoms with van der Waals surface area (Å²) >= 11 is 0. The van der Waals surface area contributed by atoms with Crippen molar-refractivity contribution in [2.45, 2.75) is 12.5 Å². The Morgan fingerprint density at radius 2 is 1.52 bits per heavy atom. The highest BCUT2D eigenvalue weighted by molar-refractivity contribution is 6.26. The molecule has 0 fully saturated rings. The Balaban J connectivity index is 1.60. The van der Waals surface area contributed by atoms with Crippen LogP contribution in [-0.2, 0) is 4.74 Å². The molecule has 0 radical (unpaired) electrons. The fourth-order valence-corrected chi connectivity index (χ4v) is 3.00. The third kappa shape index (κ3) is 2.30. The van der Waals surface area contributed by atoms with E-state index in [2.05, 4.69) is 0 Å². The number of fused-ring (bicyclic) bond motifs is 1. The van der Waals surface area contributed by atoms with E-state index in [0.29, 0.717) is 23.1 Å². The van der Waals surface area contributed by atoms with Crippen LogP contribution in [0, 0.1) is 0 Å². The van der Waals surface area contributed by atoms with Crippen molar-refractivity contribution in [3.8, 4) is 0 Å². The van der Waals surface area contributed by atoms with Gasteiger partial charge in [0.15, 0.2) is 11.5 Å². The van der Waals surface area contributed by atoms with Crippen LogP contribution in [0.25, 0.3) is 6.08 Å². The van der Waals surface area contributed by atoms with E-state index in [9.17, 15) is 9.59 Å². The predicted molar refractivity (Wildman–Crippen MR) is 87.1 cm³/mol. The maximum Gasteiger partial charge on any atom is 0.228 e. The second-order valence-corrected chi connectivity index (χ2v) is 5.64. The van der Waals surface area contributed by atoms with E-state index >= 15 is 0 Å². The van der Waals surface area contributed by atoms with Crippen molar-refractivity contribution in [2.75, 3.05) is 0 Å². The predicted octanol–water partition coefficient (Wildman–Crippen LogP) is 3.82. The zero-order chi connectivity index (χ0) is 15.8. The molecule has 112 valence electrons.